The molecule has 0 aromatic rings. The van der Waals surface area contributed by atoms with Gasteiger partial charge in [0.05, 0.1) is 5.60 Å². The van der Waals surface area contributed by atoms with E-state index in [-0.39, 0.29) is 17.4 Å². The van der Waals surface area contributed by atoms with Crippen LogP contribution in [0.1, 0.15) is 33.1 Å². The van der Waals surface area contributed by atoms with Crippen LogP contribution in [0.25, 0.3) is 0 Å². The monoisotopic (exact) mass is 237 g/mol. The Balaban J connectivity index is 4.08. The summed E-state index contributed by atoms with van der Waals surface area (Å²) in [6, 6.07) is -0.116. The van der Waals surface area contributed by atoms with Gasteiger partial charge in [-0.1, -0.05) is 6.92 Å². The summed E-state index contributed by atoms with van der Waals surface area (Å²) in [7, 11) is -1.24. The Morgan fingerprint density at radius 2 is 2.00 bits per heavy atom. The van der Waals surface area contributed by atoms with E-state index in [1.54, 1.807) is 7.11 Å². The summed E-state index contributed by atoms with van der Waals surface area (Å²) in [6.45, 7) is 3.97. The third kappa shape index (κ3) is 5.49. The zero-order valence-corrected chi connectivity index (χ0v) is 10.9. The van der Waals surface area contributed by atoms with Gasteiger partial charge in [-0.25, -0.2) is 8.42 Å². The zero-order chi connectivity index (χ0) is 12.1. The predicted octanol–water partition coefficient (Wildman–Crippen LogP) is 0.954. The standard InChI is InChI=1S/C10H23NO3S/c1-5-10(2,14-3)9(11)7-6-8-15(4,12)13/h9H,5-8,11H2,1-4H3. The molecule has 0 rings (SSSR count). The van der Waals surface area contributed by atoms with Crippen molar-refractivity contribution in [2.24, 2.45) is 5.73 Å². The van der Waals surface area contributed by atoms with Crippen LogP contribution in [0.15, 0.2) is 0 Å². The van der Waals surface area contributed by atoms with Crippen LogP contribution in [0.3, 0.4) is 0 Å². The molecule has 2 unspecified atom stereocenters. The van der Waals surface area contributed by atoms with Crippen molar-refractivity contribution in [3.05, 3.63) is 0 Å². The van der Waals surface area contributed by atoms with Crippen molar-refractivity contribution in [3.8, 4) is 0 Å². The van der Waals surface area contributed by atoms with Gasteiger partial charge in [0.25, 0.3) is 0 Å². The maximum atomic E-state index is 10.9. The summed E-state index contributed by atoms with van der Waals surface area (Å²) in [6.07, 6.45) is 3.33. The lowest BCUT2D eigenvalue weighted by molar-refractivity contribution is -0.0206. The van der Waals surface area contributed by atoms with Crippen LogP contribution in [-0.4, -0.2) is 39.2 Å². The molecule has 2 atom stereocenters. The second-order valence-corrected chi connectivity index (χ2v) is 6.51. The smallest absolute Gasteiger partial charge is 0.147 e. The number of sulfone groups is 1. The molecule has 92 valence electrons. The van der Waals surface area contributed by atoms with Gasteiger partial charge < -0.3 is 10.5 Å². The van der Waals surface area contributed by atoms with Gasteiger partial charge in [-0.2, -0.15) is 0 Å². The SMILES string of the molecule is CCC(C)(OC)C(N)CCCS(C)(=O)=O. The lowest BCUT2D eigenvalue weighted by Crippen LogP contribution is -2.46. The van der Waals surface area contributed by atoms with E-state index in [4.69, 9.17) is 10.5 Å². The molecule has 0 amide bonds. The fourth-order valence-corrected chi connectivity index (χ4v) is 2.12. The van der Waals surface area contributed by atoms with Crippen LogP contribution < -0.4 is 5.73 Å². The van der Waals surface area contributed by atoms with Crippen molar-refractivity contribution in [3.63, 3.8) is 0 Å². The second-order valence-electron chi connectivity index (χ2n) is 4.25. The number of ether oxygens (including phenoxy) is 1. The first kappa shape index (κ1) is 14.9. The molecule has 0 aliphatic rings. The molecule has 5 heteroatoms. The lowest BCUT2D eigenvalue weighted by Gasteiger charge is -2.33. The zero-order valence-electron chi connectivity index (χ0n) is 10.1. The first-order valence-corrected chi connectivity index (χ1v) is 7.29. The molecule has 2 N–H and O–H groups in total. The molecule has 0 spiro atoms. The minimum absolute atomic E-state index is 0.116. The summed E-state index contributed by atoms with van der Waals surface area (Å²) >= 11 is 0. The van der Waals surface area contributed by atoms with E-state index in [1.807, 2.05) is 13.8 Å². The van der Waals surface area contributed by atoms with Crippen molar-refractivity contribution in [2.45, 2.75) is 44.8 Å². The average Bonchev–Trinajstić information content (AvgIpc) is 2.14. The summed E-state index contributed by atoms with van der Waals surface area (Å²) in [5.41, 5.74) is 5.63. The molecule has 0 saturated heterocycles. The van der Waals surface area contributed by atoms with Gasteiger partial charge >= 0.3 is 0 Å². The van der Waals surface area contributed by atoms with Crippen molar-refractivity contribution < 1.29 is 13.2 Å². The van der Waals surface area contributed by atoms with Crippen LogP contribution >= 0.6 is 0 Å². The Bertz CT molecular complexity index is 270. The Morgan fingerprint density at radius 1 is 1.47 bits per heavy atom. The van der Waals surface area contributed by atoms with E-state index in [1.165, 1.54) is 6.26 Å². The Morgan fingerprint density at radius 3 is 2.33 bits per heavy atom. The Kier molecular flexibility index (Phi) is 5.77. The van der Waals surface area contributed by atoms with Crippen molar-refractivity contribution in [1.29, 1.82) is 0 Å². The number of methoxy groups -OCH3 is 1. The topological polar surface area (TPSA) is 69.4 Å². The molecule has 0 bridgehead atoms. The highest BCUT2D eigenvalue weighted by molar-refractivity contribution is 7.90. The molecule has 4 nitrogen and oxygen atoms in total. The molecule has 0 fully saturated rings. The summed E-state index contributed by atoms with van der Waals surface area (Å²) in [5, 5.41) is 0. The second kappa shape index (κ2) is 5.82. The van der Waals surface area contributed by atoms with Crippen LogP contribution in [0, 0.1) is 0 Å². The third-order valence-corrected chi connectivity index (χ3v) is 4.01. The highest BCUT2D eigenvalue weighted by Gasteiger charge is 2.29. The van der Waals surface area contributed by atoms with E-state index in [2.05, 4.69) is 0 Å². The van der Waals surface area contributed by atoms with Crippen LogP contribution in [-0.2, 0) is 14.6 Å². The minimum Gasteiger partial charge on any atom is -0.377 e. The highest BCUT2D eigenvalue weighted by Crippen LogP contribution is 2.20. The molecule has 0 aromatic carbocycles. The van der Waals surface area contributed by atoms with Crippen LogP contribution in [0.2, 0.25) is 0 Å². The third-order valence-electron chi connectivity index (χ3n) is 2.98. The first-order valence-electron chi connectivity index (χ1n) is 5.23. The van der Waals surface area contributed by atoms with Gasteiger partial charge in [0.1, 0.15) is 9.84 Å². The summed E-state index contributed by atoms with van der Waals surface area (Å²) in [4.78, 5) is 0. The van der Waals surface area contributed by atoms with E-state index < -0.39 is 9.84 Å². The van der Waals surface area contributed by atoms with Gasteiger partial charge in [-0.15, -0.1) is 0 Å². The van der Waals surface area contributed by atoms with Crippen LogP contribution in [0.4, 0.5) is 0 Å². The normalized spacial score (nSPS) is 18.5. The largest absolute Gasteiger partial charge is 0.377 e. The molecule has 0 aliphatic carbocycles. The van der Waals surface area contributed by atoms with Gasteiger partial charge in [0, 0.05) is 25.2 Å². The van der Waals surface area contributed by atoms with Gasteiger partial charge in [0.2, 0.25) is 0 Å². The van der Waals surface area contributed by atoms with Crippen molar-refractivity contribution >= 4 is 9.84 Å². The first-order chi connectivity index (χ1) is 6.75. The van der Waals surface area contributed by atoms with Crippen molar-refractivity contribution in [2.75, 3.05) is 19.1 Å². The maximum absolute atomic E-state index is 10.9. The van der Waals surface area contributed by atoms with E-state index in [0.717, 1.165) is 6.42 Å². The molecule has 15 heavy (non-hydrogen) atoms. The molecule has 0 aromatic heterocycles. The number of rotatable bonds is 7. The quantitative estimate of drug-likeness (QED) is 0.716. The number of hydrogen-bond donors (Lipinski definition) is 1. The fraction of sp³-hybridized carbons (Fsp3) is 1.00. The Hall–Kier alpha value is -0.130. The molecule has 0 saturated carbocycles. The van der Waals surface area contributed by atoms with Gasteiger partial charge in [-0.05, 0) is 26.2 Å². The summed E-state index contributed by atoms with van der Waals surface area (Å²) < 4.78 is 27.2. The molecule has 0 radical (unpaired) electrons. The van der Waals surface area contributed by atoms with E-state index >= 15 is 0 Å². The van der Waals surface area contributed by atoms with Gasteiger partial charge in [-0.3, -0.25) is 0 Å². The van der Waals surface area contributed by atoms with E-state index in [9.17, 15) is 8.42 Å². The van der Waals surface area contributed by atoms with E-state index in [0.29, 0.717) is 12.8 Å². The Labute approximate surface area is 93.1 Å². The van der Waals surface area contributed by atoms with Crippen molar-refractivity contribution in [1.82, 2.24) is 0 Å². The average molecular weight is 237 g/mol. The van der Waals surface area contributed by atoms with Gasteiger partial charge in [0.15, 0.2) is 0 Å². The fourth-order valence-electron chi connectivity index (χ4n) is 1.43. The maximum Gasteiger partial charge on any atom is 0.147 e. The minimum atomic E-state index is -2.88. The number of hydrogen-bond acceptors (Lipinski definition) is 4. The number of nitrogens with two attached hydrogens (primary N) is 1. The van der Waals surface area contributed by atoms with Crippen LogP contribution in [0.5, 0.6) is 0 Å². The molecule has 0 heterocycles. The molecule has 0 aliphatic heterocycles. The summed E-state index contributed by atoms with van der Waals surface area (Å²) in [5.74, 6) is 0.199. The molecular formula is C10H23NO3S. The lowest BCUT2D eigenvalue weighted by atomic mass is 9.91. The molecular weight excluding hydrogens is 214 g/mol. The predicted molar refractivity (Wildman–Crippen MR) is 62.6 cm³/mol. The highest BCUT2D eigenvalue weighted by atomic mass is 32.2.